The van der Waals surface area contributed by atoms with E-state index in [1.54, 1.807) is 11.8 Å². The van der Waals surface area contributed by atoms with E-state index >= 15 is 0 Å². The standard InChI is InChI=1S/C15H22N2O4S/c1-9-11(13(18)19)22-12(16-9)10-6-5-7-17(8-10)14(20)21-15(2,3)4/h10H,5-8H2,1-4H3,(H,18,19)/t10-/m1/s1. The Labute approximate surface area is 134 Å². The highest BCUT2D eigenvalue weighted by Gasteiger charge is 2.30. The second-order valence-electron chi connectivity index (χ2n) is 6.54. The minimum Gasteiger partial charge on any atom is -0.477 e. The summed E-state index contributed by atoms with van der Waals surface area (Å²) in [7, 11) is 0. The molecule has 1 aliphatic heterocycles. The van der Waals surface area contributed by atoms with Crippen LogP contribution in [0.15, 0.2) is 0 Å². The normalized spacial score (nSPS) is 19.1. The fourth-order valence-electron chi connectivity index (χ4n) is 2.46. The monoisotopic (exact) mass is 326 g/mol. The van der Waals surface area contributed by atoms with Crippen molar-refractivity contribution in [2.24, 2.45) is 0 Å². The Kier molecular flexibility index (Phi) is 4.75. The molecule has 0 saturated carbocycles. The highest BCUT2D eigenvalue weighted by Crippen LogP contribution is 2.32. The van der Waals surface area contributed by atoms with Gasteiger partial charge in [0.15, 0.2) is 0 Å². The van der Waals surface area contributed by atoms with Gasteiger partial charge in [0, 0.05) is 19.0 Å². The van der Waals surface area contributed by atoms with Gasteiger partial charge in [-0.1, -0.05) is 0 Å². The van der Waals surface area contributed by atoms with Crippen molar-refractivity contribution in [1.82, 2.24) is 9.88 Å². The zero-order chi connectivity index (χ0) is 16.5. The number of hydrogen-bond acceptors (Lipinski definition) is 5. The summed E-state index contributed by atoms with van der Waals surface area (Å²) in [4.78, 5) is 29.7. The number of aromatic carboxylic acids is 1. The Morgan fingerprint density at radius 3 is 2.64 bits per heavy atom. The van der Waals surface area contributed by atoms with Crippen molar-refractivity contribution in [3.8, 4) is 0 Å². The van der Waals surface area contributed by atoms with Gasteiger partial charge < -0.3 is 14.7 Å². The molecule has 2 rings (SSSR count). The number of nitrogens with zero attached hydrogens (tertiary/aromatic N) is 2. The van der Waals surface area contributed by atoms with Crippen molar-refractivity contribution in [3.63, 3.8) is 0 Å². The Hall–Kier alpha value is -1.63. The number of amides is 1. The molecule has 1 aromatic heterocycles. The van der Waals surface area contributed by atoms with Crippen molar-refractivity contribution in [1.29, 1.82) is 0 Å². The number of carbonyl (C=O) groups is 2. The van der Waals surface area contributed by atoms with Crippen LogP contribution in [-0.2, 0) is 4.74 Å². The Bertz CT molecular complexity index is 577. The number of rotatable bonds is 2. The number of thiazole rings is 1. The molecule has 1 aromatic rings. The van der Waals surface area contributed by atoms with Gasteiger partial charge >= 0.3 is 12.1 Å². The number of piperidine rings is 1. The van der Waals surface area contributed by atoms with E-state index in [2.05, 4.69) is 4.98 Å². The number of carboxylic acids is 1. The molecule has 7 heteroatoms. The maximum Gasteiger partial charge on any atom is 0.410 e. The highest BCUT2D eigenvalue weighted by atomic mass is 32.1. The summed E-state index contributed by atoms with van der Waals surface area (Å²) in [5, 5.41) is 9.93. The number of carboxylic acid groups (broad SMARTS) is 1. The first-order valence-corrected chi connectivity index (χ1v) is 8.17. The summed E-state index contributed by atoms with van der Waals surface area (Å²) in [6, 6.07) is 0. The summed E-state index contributed by atoms with van der Waals surface area (Å²) in [5.74, 6) is -0.862. The van der Waals surface area contributed by atoms with Crippen molar-refractivity contribution < 1.29 is 19.4 Å². The smallest absolute Gasteiger partial charge is 0.410 e. The quantitative estimate of drug-likeness (QED) is 0.902. The number of ether oxygens (including phenoxy) is 1. The first kappa shape index (κ1) is 16.7. The van der Waals surface area contributed by atoms with Crippen molar-refractivity contribution in [2.75, 3.05) is 13.1 Å². The molecular weight excluding hydrogens is 304 g/mol. The van der Waals surface area contributed by atoms with Gasteiger partial charge in [-0.15, -0.1) is 11.3 Å². The average molecular weight is 326 g/mol. The van der Waals surface area contributed by atoms with E-state index in [-0.39, 0.29) is 16.9 Å². The van der Waals surface area contributed by atoms with Crippen LogP contribution in [0, 0.1) is 6.92 Å². The van der Waals surface area contributed by atoms with Crippen molar-refractivity contribution in [3.05, 3.63) is 15.6 Å². The number of likely N-dealkylation sites (tertiary alicyclic amines) is 1. The molecule has 0 bridgehead atoms. The van der Waals surface area contributed by atoms with E-state index < -0.39 is 11.6 Å². The molecule has 0 unspecified atom stereocenters. The maximum absolute atomic E-state index is 12.2. The lowest BCUT2D eigenvalue weighted by molar-refractivity contribution is 0.0198. The molecule has 1 aliphatic rings. The second kappa shape index (κ2) is 6.24. The molecule has 1 amide bonds. The Morgan fingerprint density at radius 1 is 1.41 bits per heavy atom. The first-order chi connectivity index (χ1) is 10.2. The lowest BCUT2D eigenvalue weighted by Gasteiger charge is -2.33. The predicted octanol–water partition coefficient (Wildman–Crippen LogP) is 3.26. The predicted molar refractivity (Wildman–Crippen MR) is 83.6 cm³/mol. The Morgan fingerprint density at radius 2 is 2.09 bits per heavy atom. The third-order valence-electron chi connectivity index (χ3n) is 3.43. The van der Waals surface area contributed by atoms with E-state index in [0.29, 0.717) is 18.8 Å². The summed E-state index contributed by atoms with van der Waals surface area (Å²) >= 11 is 1.21. The van der Waals surface area contributed by atoms with Crippen LogP contribution < -0.4 is 0 Å². The van der Waals surface area contributed by atoms with Gasteiger partial charge in [0.1, 0.15) is 10.5 Å². The van der Waals surface area contributed by atoms with Crippen molar-refractivity contribution >= 4 is 23.4 Å². The van der Waals surface area contributed by atoms with Crippen LogP contribution in [-0.4, -0.2) is 45.7 Å². The Balaban J connectivity index is 2.09. The van der Waals surface area contributed by atoms with Crippen LogP contribution in [0.1, 0.15) is 59.9 Å². The van der Waals surface area contributed by atoms with Crippen LogP contribution in [0.25, 0.3) is 0 Å². The molecule has 122 valence electrons. The lowest BCUT2D eigenvalue weighted by atomic mass is 9.99. The van der Waals surface area contributed by atoms with Gasteiger partial charge in [-0.2, -0.15) is 0 Å². The minimum absolute atomic E-state index is 0.0815. The van der Waals surface area contributed by atoms with Gasteiger partial charge in [0.25, 0.3) is 0 Å². The zero-order valence-corrected chi connectivity index (χ0v) is 14.2. The van der Waals surface area contributed by atoms with E-state index in [1.807, 2.05) is 20.8 Å². The molecule has 0 spiro atoms. The molecule has 1 atom stereocenters. The van der Waals surface area contributed by atoms with Gasteiger partial charge in [-0.3, -0.25) is 0 Å². The summed E-state index contributed by atoms with van der Waals surface area (Å²) in [6.45, 7) is 8.43. The van der Waals surface area contributed by atoms with E-state index in [0.717, 1.165) is 17.8 Å². The zero-order valence-electron chi connectivity index (χ0n) is 13.4. The second-order valence-corrected chi connectivity index (χ2v) is 7.57. The van der Waals surface area contributed by atoms with Gasteiger partial charge in [-0.05, 0) is 40.5 Å². The van der Waals surface area contributed by atoms with Crippen LogP contribution in [0.5, 0.6) is 0 Å². The molecule has 0 aliphatic carbocycles. The summed E-state index contributed by atoms with van der Waals surface area (Å²) in [5.41, 5.74) is 0.0278. The fraction of sp³-hybridized carbons (Fsp3) is 0.667. The fourth-order valence-corrected chi connectivity index (χ4v) is 3.49. The lowest BCUT2D eigenvalue weighted by Crippen LogP contribution is -2.42. The molecule has 1 N–H and O–H groups in total. The molecule has 1 fully saturated rings. The molecule has 1 saturated heterocycles. The van der Waals surface area contributed by atoms with Crippen LogP contribution in [0.3, 0.4) is 0 Å². The number of hydrogen-bond donors (Lipinski definition) is 1. The average Bonchev–Trinajstić information content (AvgIpc) is 2.79. The molecule has 6 nitrogen and oxygen atoms in total. The van der Waals surface area contributed by atoms with Crippen LogP contribution >= 0.6 is 11.3 Å². The van der Waals surface area contributed by atoms with Crippen molar-refractivity contribution in [2.45, 2.75) is 52.1 Å². The summed E-state index contributed by atoms with van der Waals surface area (Å²) in [6.07, 6.45) is 1.46. The minimum atomic E-state index is -0.943. The number of carbonyl (C=O) groups excluding carboxylic acids is 1. The van der Waals surface area contributed by atoms with Gasteiger partial charge in [-0.25, -0.2) is 14.6 Å². The molecule has 22 heavy (non-hydrogen) atoms. The number of aryl methyl sites for hydroxylation is 1. The SMILES string of the molecule is Cc1nc([C@@H]2CCCN(C(=O)OC(C)(C)C)C2)sc1C(=O)O. The molecule has 0 aromatic carbocycles. The van der Waals surface area contributed by atoms with Crippen LogP contribution in [0.4, 0.5) is 4.79 Å². The third-order valence-corrected chi connectivity index (χ3v) is 4.74. The molecular formula is C15H22N2O4S. The maximum atomic E-state index is 12.2. The van der Waals surface area contributed by atoms with E-state index in [9.17, 15) is 9.59 Å². The number of aromatic nitrogens is 1. The van der Waals surface area contributed by atoms with Crippen LogP contribution in [0.2, 0.25) is 0 Å². The summed E-state index contributed by atoms with van der Waals surface area (Å²) < 4.78 is 5.40. The van der Waals surface area contributed by atoms with E-state index in [4.69, 9.17) is 9.84 Å². The first-order valence-electron chi connectivity index (χ1n) is 7.36. The van der Waals surface area contributed by atoms with Gasteiger partial charge in [0.2, 0.25) is 0 Å². The molecule has 0 radical (unpaired) electrons. The third kappa shape index (κ3) is 3.97. The largest absolute Gasteiger partial charge is 0.477 e. The van der Waals surface area contributed by atoms with Gasteiger partial charge in [0.05, 0.1) is 10.7 Å². The van der Waals surface area contributed by atoms with E-state index in [1.165, 1.54) is 11.3 Å². The molecule has 2 heterocycles. The topological polar surface area (TPSA) is 79.7 Å². The highest BCUT2D eigenvalue weighted by molar-refractivity contribution is 7.13.